The lowest BCUT2D eigenvalue weighted by atomic mass is 9.81. The van der Waals surface area contributed by atoms with Gasteiger partial charge in [0.1, 0.15) is 6.33 Å². The smallest absolute Gasteiger partial charge is 0.165 e. The predicted molar refractivity (Wildman–Crippen MR) is 99.6 cm³/mol. The topological polar surface area (TPSA) is 85.5 Å². The third kappa shape index (κ3) is 2.81. The second-order valence-electron chi connectivity index (χ2n) is 8.29. The van der Waals surface area contributed by atoms with E-state index >= 15 is 0 Å². The molecule has 1 unspecified atom stereocenters. The molecule has 5 heterocycles. The van der Waals surface area contributed by atoms with Gasteiger partial charge >= 0.3 is 0 Å². The van der Waals surface area contributed by atoms with E-state index in [0.29, 0.717) is 19.8 Å². The Morgan fingerprint density at radius 1 is 1.04 bits per heavy atom. The van der Waals surface area contributed by atoms with E-state index in [1.165, 1.54) is 0 Å². The van der Waals surface area contributed by atoms with E-state index in [0.717, 1.165) is 68.8 Å². The number of fused-ring (bicyclic) bond motifs is 1. The summed E-state index contributed by atoms with van der Waals surface area (Å²) in [6.45, 7) is 4.83. The van der Waals surface area contributed by atoms with Crippen LogP contribution in [-0.2, 0) is 16.0 Å². The molecule has 0 radical (unpaired) electrons. The molecule has 1 atom stereocenters. The molecule has 5 rings (SSSR count). The Hall–Kier alpha value is -1.77. The second kappa shape index (κ2) is 6.68. The molecule has 27 heavy (non-hydrogen) atoms. The highest BCUT2D eigenvalue weighted by Crippen LogP contribution is 2.41. The van der Waals surface area contributed by atoms with Crippen molar-refractivity contribution in [1.29, 1.82) is 0 Å². The standard InChI is InChI=1S/C19H27N5O3/c25-11-18(3-7-26-8-4-18)10-23-14-22-15-16(23)20-13-21-17(15)24-6-1-2-19(24)5-9-27-12-19/h13-14,25H,1-12H2. The van der Waals surface area contributed by atoms with Gasteiger partial charge in [-0.05, 0) is 32.1 Å². The first-order valence-corrected chi connectivity index (χ1v) is 9.95. The molecule has 0 saturated carbocycles. The molecule has 0 bridgehead atoms. The van der Waals surface area contributed by atoms with E-state index in [4.69, 9.17) is 14.5 Å². The molecule has 1 spiro atoms. The zero-order chi connectivity index (χ0) is 18.3. The fraction of sp³-hybridized carbons (Fsp3) is 0.737. The molecule has 3 saturated heterocycles. The van der Waals surface area contributed by atoms with E-state index in [-0.39, 0.29) is 17.6 Å². The summed E-state index contributed by atoms with van der Waals surface area (Å²) in [5.74, 6) is 0.923. The maximum absolute atomic E-state index is 10.0. The molecule has 1 N–H and O–H groups in total. The number of imidazole rings is 1. The second-order valence-corrected chi connectivity index (χ2v) is 8.29. The summed E-state index contributed by atoms with van der Waals surface area (Å²) in [6, 6.07) is 0. The number of hydrogen-bond acceptors (Lipinski definition) is 7. The van der Waals surface area contributed by atoms with Crippen LogP contribution in [0, 0.1) is 5.41 Å². The lowest BCUT2D eigenvalue weighted by Crippen LogP contribution is -2.45. The molecule has 146 valence electrons. The number of anilines is 1. The van der Waals surface area contributed by atoms with Gasteiger partial charge in [-0.15, -0.1) is 0 Å². The van der Waals surface area contributed by atoms with Gasteiger partial charge in [0.25, 0.3) is 0 Å². The first-order valence-electron chi connectivity index (χ1n) is 9.95. The summed E-state index contributed by atoms with van der Waals surface area (Å²) in [4.78, 5) is 16.2. The van der Waals surface area contributed by atoms with Gasteiger partial charge in [0.15, 0.2) is 17.0 Å². The van der Waals surface area contributed by atoms with Gasteiger partial charge in [-0.1, -0.05) is 0 Å². The van der Waals surface area contributed by atoms with Gasteiger partial charge in [0, 0.05) is 38.3 Å². The predicted octanol–water partition coefficient (Wildman–Crippen LogP) is 1.37. The highest BCUT2D eigenvalue weighted by molar-refractivity contribution is 5.84. The number of hydrogen-bond donors (Lipinski definition) is 1. The largest absolute Gasteiger partial charge is 0.396 e. The summed E-state index contributed by atoms with van der Waals surface area (Å²) in [7, 11) is 0. The summed E-state index contributed by atoms with van der Waals surface area (Å²) in [6.07, 6.45) is 8.56. The summed E-state index contributed by atoms with van der Waals surface area (Å²) in [5.41, 5.74) is 1.61. The Labute approximate surface area is 158 Å². The van der Waals surface area contributed by atoms with E-state index in [2.05, 4.69) is 19.4 Å². The Morgan fingerprint density at radius 3 is 2.67 bits per heavy atom. The number of aromatic nitrogens is 4. The summed E-state index contributed by atoms with van der Waals surface area (Å²) in [5, 5.41) is 10.0. The van der Waals surface area contributed by atoms with E-state index in [1.807, 2.05) is 6.33 Å². The fourth-order valence-corrected chi connectivity index (χ4v) is 4.99. The lowest BCUT2D eigenvalue weighted by molar-refractivity contribution is -0.0248. The molecule has 0 amide bonds. The normalized spacial score (nSPS) is 27.8. The van der Waals surface area contributed by atoms with Crippen LogP contribution < -0.4 is 4.90 Å². The van der Waals surface area contributed by atoms with Gasteiger partial charge in [-0.3, -0.25) is 0 Å². The maximum atomic E-state index is 10.0. The first-order chi connectivity index (χ1) is 13.3. The van der Waals surface area contributed by atoms with Crippen molar-refractivity contribution < 1.29 is 14.6 Å². The molecular weight excluding hydrogens is 346 g/mol. The van der Waals surface area contributed by atoms with E-state index < -0.39 is 0 Å². The molecular formula is C19H27N5O3. The maximum Gasteiger partial charge on any atom is 0.165 e. The Kier molecular flexibility index (Phi) is 4.29. The van der Waals surface area contributed by atoms with Crippen LogP contribution in [0.15, 0.2) is 12.7 Å². The zero-order valence-corrected chi connectivity index (χ0v) is 15.6. The van der Waals surface area contributed by atoms with Crippen molar-refractivity contribution >= 4 is 17.0 Å². The quantitative estimate of drug-likeness (QED) is 0.866. The van der Waals surface area contributed by atoms with Crippen LogP contribution >= 0.6 is 0 Å². The molecule has 3 fully saturated rings. The minimum absolute atomic E-state index is 0.0676. The number of nitrogens with zero attached hydrogens (tertiary/aromatic N) is 5. The zero-order valence-electron chi connectivity index (χ0n) is 15.6. The third-order valence-corrected chi connectivity index (χ3v) is 6.71. The van der Waals surface area contributed by atoms with E-state index in [1.54, 1.807) is 6.33 Å². The minimum atomic E-state index is -0.162. The Morgan fingerprint density at radius 2 is 1.89 bits per heavy atom. The number of aliphatic hydroxyl groups is 1. The highest BCUT2D eigenvalue weighted by Gasteiger charge is 2.45. The van der Waals surface area contributed by atoms with Crippen LogP contribution in [-0.4, -0.2) is 69.7 Å². The van der Waals surface area contributed by atoms with Crippen LogP contribution in [0.4, 0.5) is 5.82 Å². The number of rotatable bonds is 4. The SMILES string of the molecule is OCC1(Cn2cnc3c(N4CCCC45CCOC5)ncnc32)CCOCC1. The summed E-state index contributed by atoms with van der Waals surface area (Å²) < 4.78 is 13.3. The van der Waals surface area contributed by atoms with Gasteiger partial charge in [-0.25, -0.2) is 15.0 Å². The van der Waals surface area contributed by atoms with Crippen LogP contribution in [0.3, 0.4) is 0 Å². The lowest BCUT2D eigenvalue weighted by Gasteiger charge is -2.36. The molecule has 3 aliphatic heterocycles. The van der Waals surface area contributed by atoms with Crippen molar-refractivity contribution in [2.24, 2.45) is 5.41 Å². The average Bonchev–Trinajstić information content (AvgIpc) is 3.44. The van der Waals surface area contributed by atoms with Gasteiger partial charge < -0.3 is 24.0 Å². The van der Waals surface area contributed by atoms with Crippen LogP contribution in [0.2, 0.25) is 0 Å². The van der Waals surface area contributed by atoms with Gasteiger partial charge in [-0.2, -0.15) is 0 Å². The Balaban J connectivity index is 1.50. The molecule has 8 nitrogen and oxygen atoms in total. The van der Waals surface area contributed by atoms with Crippen LogP contribution in [0.5, 0.6) is 0 Å². The van der Waals surface area contributed by atoms with Crippen LogP contribution in [0.1, 0.15) is 32.1 Å². The molecule has 2 aromatic rings. The molecule has 2 aromatic heterocycles. The van der Waals surface area contributed by atoms with Crippen molar-refractivity contribution in [1.82, 2.24) is 19.5 Å². The number of aliphatic hydroxyl groups excluding tert-OH is 1. The monoisotopic (exact) mass is 373 g/mol. The van der Waals surface area contributed by atoms with Crippen molar-refractivity contribution in [2.45, 2.75) is 44.2 Å². The fourth-order valence-electron chi connectivity index (χ4n) is 4.99. The number of ether oxygens (including phenoxy) is 2. The summed E-state index contributed by atoms with van der Waals surface area (Å²) >= 11 is 0. The average molecular weight is 373 g/mol. The van der Waals surface area contributed by atoms with Crippen LogP contribution in [0.25, 0.3) is 11.2 Å². The Bertz CT molecular complexity index is 805. The highest BCUT2D eigenvalue weighted by atomic mass is 16.5. The third-order valence-electron chi connectivity index (χ3n) is 6.71. The molecule has 3 aliphatic rings. The molecule has 0 aliphatic carbocycles. The van der Waals surface area contributed by atoms with Gasteiger partial charge in [0.2, 0.25) is 0 Å². The molecule has 8 heteroatoms. The van der Waals surface area contributed by atoms with Crippen molar-refractivity contribution in [2.75, 3.05) is 44.5 Å². The first kappa shape index (κ1) is 17.3. The van der Waals surface area contributed by atoms with Crippen molar-refractivity contribution in [3.63, 3.8) is 0 Å². The molecule has 0 aromatic carbocycles. The van der Waals surface area contributed by atoms with Crippen molar-refractivity contribution in [3.8, 4) is 0 Å². The van der Waals surface area contributed by atoms with E-state index in [9.17, 15) is 5.11 Å². The van der Waals surface area contributed by atoms with Gasteiger partial charge in [0.05, 0.1) is 25.1 Å². The van der Waals surface area contributed by atoms with Crippen molar-refractivity contribution in [3.05, 3.63) is 12.7 Å². The minimum Gasteiger partial charge on any atom is -0.396 e.